The SMILES string of the molecule is COc1ccc(NC(=O)C2CCN(Cc3ccccc3C)CC2)cc1Cl. The first-order chi connectivity index (χ1) is 12.6. The predicted octanol–water partition coefficient (Wildman–Crippen LogP) is 4.51. The van der Waals surface area contributed by atoms with Crippen molar-refractivity contribution in [2.24, 2.45) is 5.92 Å². The quantitative estimate of drug-likeness (QED) is 0.839. The highest BCUT2D eigenvalue weighted by Gasteiger charge is 2.25. The number of rotatable bonds is 5. The van der Waals surface area contributed by atoms with Crippen molar-refractivity contribution in [3.05, 3.63) is 58.6 Å². The molecule has 1 amide bonds. The zero-order chi connectivity index (χ0) is 18.5. The second-order valence-electron chi connectivity index (χ2n) is 6.82. The molecule has 1 fully saturated rings. The van der Waals surface area contributed by atoms with E-state index in [9.17, 15) is 4.79 Å². The van der Waals surface area contributed by atoms with Crippen LogP contribution >= 0.6 is 11.6 Å². The highest BCUT2D eigenvalue weighted by Crippen LogP contribution is 2.28. The van der Waals surface area contributed by atoms with Crippen molar-refractivity contribution in [3.63, 3.8) is 0 Å². The van der Waals surface area contributed by atoms with Crippen molar-refractivity contribution < 1.29 is 9.53 Å². The minimum absolute atomic E-state index is 0.0454. The van der Waals surface area contributed by atoms with E-state index in [0.29, 0.717) is 16.5 Å². The maximum Gasteiger partial charge on any atom is 0.227 e. The highest BCUT2D eigenvalue weighted by atomic mass is 35.5. The minimum atomic E-state index is 0.0454. The minimum Gasteiger partial charge on any atom is -0.495 e. The van der Waals surface area contributed by atoms with E-state index in [0.717, 1.165) is 32.5 Å². The van der Waals surface area contributed by atoms with Gasteiger partial charge in [-0.3, -0.25) is 9.69 Å². The topological polar surface area (TPSA) is 41.6 Å². The maximum absolute atomic E-state index is 12.5. The molecule has 0 aliphatic carbocycles. The number of carbonyl (C=O) groups is 1. The lowest BCUT2D eigenvalue weighted by atomic mass is 9.95. The Hall–Kier alpha value is -2.04. The lowest BCUT2D eigenvalue weighted by Gasteiger charge is -2.31. The smallest absolute Gasteiger partial charge is 0.227 e. The first-order valence-electron chi connectivity index (χ1n) is 8.98. The number of carbonyl (C=O) groups excluding carboxylic acids is 1. The normalized spacial score (nSPS) is 15.7. The Morgan fingerprint density at radius 3 is 2.62 bits per heavy atom. The molecule has 3 rings (SSSR count). The van der Waals surface area contributed by atoms with Gasteiger partial charge >= 0.3 is 0 Å². The lowest BCUT2D eigenvalue weighted by Crippen LogP contribution is -2.37. The monoisotopic (exact) mass is 372 g/mol. The number of hydrogen-bond donors (Lipinski definition) is 1. The maximum atomic E-state index is 12.5. The summed E-state index contributed by atoms with van der Waals surface area (Å²) < 4.78 is 5.14. The Kier molecular flexibility index (Phi) is 6.17. The van der Waals surface area contributed by atoms with Crippen LogP contribution in [0, 0.1) is 12.8 Å². The highest BCUT2D eigenvalue weighted by molar-refractivity contribution is 6.32. The Morgan fingerprint density at radius 2 is 1.96 bits per heavy atom. The molecule has 0 saturated carbocycles. The number of hydrogen-bond acceptors (Lipinski definition) is 3. The van der Waals surface area contributed by atoms with Gasteiger partial charge in [-0.05, 0) is 62.2 Å². The van der Waals surface area contributed by atoms with Crippen LogP contribution in [0.3, 0.4) is 0 Å². The van der Waals surface area contributed by atoms with Crippen LogP contribution < -0.4 is 10.1 Å². The van der Waals surface area contributed by atoms with Crippen LogP contribution in [0.5, 0.6) is 5.75 Å². The van der Waals surface area contributed by atoms with Crippen molar-refractivity contribution >= 4 is 23.2 Å². The number of likely N-dealkylation sites (tertiary alicyclic amines) is 1. The van der Waals surface area contributed by atoms with E-state index >= 15 is 0 Å². The molecule has 0 bridgehead atoms. The van der Waals surface area contributed by atoms with Crippen LogP contribution in [0.25, 0.3) is 0 Å². The van der Waals surface area contributed by atoms with Gasteiger partial charge in [-0.25, -0.2) is 0 Å². The number of benzene rings is 2. The molecule has 2 aromatic rings. The van der Waals surface area contributed by atoms with E-state index in [-0.39, 0.29) is 11.8 Å². The largest absolute Gasteiger partial charge is 0.495 e. The third-order valence-electron chi connectivity index (χ3n) is 5.03. The number of piperidine rings is 1. The van der Waals surface area contributed by atoms with Gasteiger partial charge in [0, 0.05) is 18.2 Å². The predicted molar refractivity (Wildman–Crippen MR) is 106 cm³/mol. The molecule has 4 nitrogen and oxygen atoms in total. The molecule has 0 aromatic heterocycles. The van der Waals surface area contributed by atoms with Gasteiger partial charge in [0.15, 0.2) is 0 Å². The van der Waals surface area contributed by atoms with Gasteiger partial charge in [-0.2, -0.15) is 0 Å². The molecule has 1 aliphatic rings. The first-order valence-corrected chi connectivity index (χ1v) is 9.36. The Morgan fingerprint density at radius 1 is 1.23 bits per heavy atom. The van der Waals surface area contributed by atoms with Crippen LogP contribution in [-0.4, -0.2) is 31.0 Å². The number of halogens is 1. The van der Waals surface area contributed by atoms with Gasteiger partial charge in [0.25, 0.3) is 0 Å². The molecule has 0 spiro atoms. The van der Waals surface area contributed by atoms with Crippen molar-refractivity contribution in [1.82, 2.24) is 4.90 Å². The van der Waals surface area contributed by atoms with Crippen molar-refractivity contribution in [2.45, 2.75) is 26.3 Å². The molecule has 1 N–H and O–H groups in total. The zero-order valence-electron chi connectivity index (χ0n) is 15.3. The van der Waals surface area contributed by atoms with E-state index in [1.165, 1.54) is 11.1 Å². The van der Waals surface area contributed by atoms with Crippen LogP contribution in [0.15, 0.2) is 42.5 Å². The van der Waals surface area contributed by atoms with Gasteiger partial charge in [-0.1, -0.05) is 35.9 Å². The van der Waals surface area contributed by atoms with E-state index in [1.807, 2.05) is 6.07 Å². The first kappa shape index (κ1) is 18.7. The number of nitrogens with zero attached hydrogens (tertiary/aromatic N) is 1. The molecule has 5 heteroatoms. The molecule has 1 aliphatic heterocycles. The molecule has 2 aromatic carbocycles. The van der Waals surface area contributed by atoms with Crippen LogP contribution in [0.1, 0.15) is 24.0 Å². The van der Waals surface area contributed by atoms with Gasteiger partial charge in [0.05, 0.1) is 12.1 Å². The fraction of sp³-hybridized carbons (Fsp3) is 0.381. The molecule has 0 radical (unpaired) electrons. The van der Waals surface area contributed by atoms with Gasteiger partial charge in [-0.15, -0.1) is 0 Å². The molecule has 26 heavy (non-hydrogen) atoms. The summed E-state index contributed by atoms with van der Waals surface area (Å²) in [6.45, 7) is 4.98. The Labute approximate surface area is 160 Å². The number of ether oxygens (including phenoxy) is 1. The Balaban J connectivity index is 1.52. The molecule has 1 heterocycles. The molecule has 1 saturated heterocycles. The number of nitrogens with one attached hydrogen (secondary N) is 1. The zero-order valence-corrected chi connectivity index (χ0v) is 16.1. The summed E-state index contributed by atoms with van der Waals surface area (Å²) in [7, 11) is 1.57. The number of methoxy groups -OCH3 is 1. The van der Waals surface area contributed by atoms with Crippen molar-refractivity contribution in [2.75, 3.05) is 25.5 Å². The van der Waals surface area contributed by atoms with Gasteiger partial charge in [0.1, 0.15) is 5.75 Å². The number of amides is 1. The third kappa shape index (κ3) is 4.57. The Bertz CT molecular complexity index is 770. The fourth-order valence-electron chi connectivity index (χ4n) is 3.37. The molecule has 0 unspecified atom stereocenters. The van der Waals surface area contributed by atoms with E-state index in [4.69, 9.17) is 16.3 Å². The summed E-state index contributed by atoms with van der Waals surface area (Å²) in [6.07, 6.45) is 1.75. The second kappa shape index (κ2) is 8.56. The third-order valence-corrected chi connectivity index (χ3v) is 5.33. The van der Waals surface area contributed by atoms with E-state index in [1.54, 1.807) is 19.2 Å². The van der Waals surface area contributed by atoms with Crippen LogP contribution in [-0.2, 0) is 11.3 Å². The average Bonchev–Trinajstić information content (AvgIpc) is 2.64. The molecular weight excluding hydrogens is 348 g/mol. The summed E-state index contributed by atoms with van der Waals surface area (Å²) >= 11 is 6.12. The summed E-state index contributed by atoms with van der Waals surface area (Å²) in [5.41, 5.74) is 3.40. The number of anilines is 1. The van der Waals surface area contributed by atoms with E-state index in [2.05, 4.69) is 41.4 Å². The van der Waals surface area contributed by atoms with Crippen molar-refractivity contribution in [1.29, 1.82) is 0 Å². The van der Waals surface area contributed by atoms with Crippen molar-refractivity contribution in [3.8, 4) is 5.75 Å². The van der Waals surface area contributed by atoms with Crippen LogP contribution in [0.4, 0.5) is 5.69 Å². The number of aryl methyl sites for hydroxylation is 1. The summed E-state index contributed by atoms with van der Waals surface area (Å²) in [5.74, 6) is 0.722. The van der Waals surface area contributed by atoms with Gasteiger partial charge in [0.2, 0.25) is 5.91 Å². The van der Waals surface area contributed by atoms with E-state index < -0.39 is 0 Å². The average molecular weight is 373 g/mol. The molecule has 0 atom stereocenters. The standard InChI is InChI=1S/C21H25ClN2O2/c1-15-5-3-4-6-17(15)14-24-11-9-16(10-12-24)21(25)23-18-7-8-20(26-2)19(22)13-18/h3-8,13,16H,9-12,14H2,1-2H3,(H,23,25). The van der Waals surface area contributed by atoms with Crippen LogP contribution in [0.2, 0.25) is 5.02 Å². The summed E-state index contributed by atoms with van der Waals surface area (Å²) in [5, 5.41) is 3.48. The second-order valence-corrected chi connectivity index (χ2v) is 7.22. The summed E-state index contributed by atoms with van der Waals surface area (Å²) in [6, 6.07) is 13.8. The molecule has 138 valence electrons. The van der Waals surface area contributed by atoms with Gasteiger partial charge < -0.3 is 10.1 Å². The summed E-state index contributed by atoms with van der Waals surface area (Å²) in [4.78, 5) is 15.0. The molecular formula is C21H25ClN2O2. The lowest BCUT2D eigenvalue weighted by molar-refractivity contribution is -0.121. The fourth-order valence-corrected chi connectivity index (χ4v) is 3.63.